The van der Waals surface area contributed by atoms with Crippen LogP contribution in [0.1, 0.15) is 38.1 Å². The quantitative estimate of drug-likeness (QED) is 0.287. The summed E-state index contributed by atoms with van der Waals surface area (Å²) in [5, 5.41) is 7.52. The van der Waals surface area contributed by atoms with Gasteiger partial charge in [-0.05, 0) is 68.0 Å². The SMILES string of the molecule is C/C(=C\c1cc(F)cc(N(CC(F)F)c2nc3nnc(C)n3c3ccc(F)c(F)c23)c1)C1(C)CC1. The van der Waals surface area contributed by atoms with E-state index in [2.05, 4.69) is 22.1 Å². The molecule has 5 nitrogen and oxygen atoms in total. The third-order valence-electron chi connectivity index (χ3n) is 6.68. The van der Waals surface area contributed by atoms with Gasteiger partial charge in [-0.3, -0.25) is 4.40 Å². The highest BCUT2D eigenvalue weighted by atomic mass is 19.3. The molecule has 0 bridgehead atoms. The first kappa shape index (κ1) is 23.2. The van der Waals surface area contributed by atoms with Gasteiger partial charge in [0, 0.05) is 5.69 Å². The number of hydrogen-bond donors (Lipinski definition) is 0. The van der Waals surface area contributed by atoms with E-state index in [1.54, 1.807) is 6.92 Å². The van der Waals surface area contributed by atoms with Crippen LogP contribution in [0.2, 0.25) is 0 Å². The number of aromatic nitrogens is 4. The summed E-state index contributed by atoms with van der Waals surface area (Å²) in [6.07, 6.45) is 0.978. The molecule has 0 unspecified atom stereocenters. The van der Waals surface area contributed by atoms with Gasteiger partial charge in [0.05, 0.1) is 17.4 Å². The van der Waals surface area contributed by atoms with Crippen molar-refractivity contribution in [3.8, 4) is 0 Å². The molecular weight excluding hydrogens is 465 g/mol. The number of fused-ring (bicyclic) bond motifs is 3. The van der Waals surface area contributed by atoms with Crippen molar-refractivity contribution < 1.29 is 22.0 Å². The van der Waals surface area contributed by atoms with Crippen molar-refractivity contribution in [2.75, 3.05) is 11.4 Å². The van der Waals surface area contributed by atoms with Crippen LogP contribution in [0.15, 0.2) is 35.9 Å². The molecule has 1 fully saturated rings. The normalized spacial score (nSPS) is 15.4. The Hall–Kier alpha value is -3.56. The van der Waals surface area contributed by atoms with Crippen LogP contribution in [-0.4, -0.2) is 32.6 Å². The van der Waals surface area contributed by atoms with Gasteiger partial charge < -0.3 is 4.90 Å². The zero-order valence-corrected chi connectivity index (χ0v) is 19.3. The number of hydrogen-bond acceptors (Lipinski definition) is 4. The third kappa shape index (κ3) is 4.11. The molecule has 0 atom stereocenters. The van der Waals surface area contributed by atoms with Crippen LogP contribution in [0.3, 0.4) is 0 Å². The molecule has 0 aliphatic heterocycles. The van der Waals surface area contributed by atoms with Gasteiger partial charge in [0.2, 0.25) is 0 Å². The molecule has 0 saturated heterocycles. The van der Waals surface area contributed by atoms with Crippen molar-refractivity contribution in [2.45, 2.75) is 40.0 Å². The first-order chi connectivity index (χ1) is 16.6. The van der Waals surface area contributed by atoms with Gasteiger partial charge in [-0.1, -0.05) is 18.6 Å². The molecule has 35 heavy (non-hydrogen) atoms. The topological polar surface area (TPSA) is 46.3 Å². The Balaban J connectivity index is 1.76. The molecule has 1 saturated carbocycles. The Labute approximate surface area is 197 Å². The highest BCUT2D eigenvalue weighted by Crippen LogP contribution is 2.51. The molecule has 2 aromatic heterocycles. The standard InChI is InChI=1S/C25H22F5N5/c1-13(25(3)6-7-25)8-15-9-16(26)11-17(10-15)34(12-20(28)29)23-21-19(5-4-18(27)22(21)30)35-14(2)32-33-24(35)31-23/h4-5,8-11,20H,6-7,12H2,1-3H3/b13-8+. The predicted octanol–water partition coefficient (Wildman–Crippen LogP) is 6.61. The minimum absolute atomic E-state index is 0.0179. The molecule has 0 spiro atoms. The summed E-state index contributed by atoms with van der Waals surface area (Å²) >= 11 is 0. The Morgan fingerprint density at radius 2 is 1.89 bits per heavy atom. The summed E-state index contributed by atoms with van der Waals surface area (Å²) in [4.78, 5) is 5.26. The lowest BCUT2D eigenvalue weighted by Gasteiger charge is -2.26. The summed E-state index contributed by atoms with van der Waals surface area (Å²) in [7, 11) is 0. The molecule has 1 aliphatic rings. The van der Waals surface area contributed by atoms with E-state index < -0.39 is 30.4 Å². The number of alkyl halides is 2. The molecule has 4 aromatic rings. The lowest BCUT2D eigenvalue weighted by Crippen LogP contribution is -2.26. The van der Waals surface area contributed by atoms with Crippen LogP contribution in [-0.2, 0) is 0 Å². The van der Waals surface area contributed by atoms with E-state index in [9.17, 15) is 17.6 Å². The van der Waals surface area contributed by atoms with Crippen molar-refractivity contribution >= 4 is 34.3 Å². The molecule has 5 rings (SSSR count). The molecule has 0 amide bonds. The number of benzene rings is 2. The molecule has 0 radical (unpaired) electrons. The van der Waals surface area contributed by atoms with Crippen LogP contribution in [0.4, 0.5) is 33.5 Å². The fourth-order valence-corrected chi connectivity index (χ4v) is 4.28. The molecule has 2 aromatic carbocycles. The van der Waals surface area contributed by atoms with E-state index in [-0.39, 0.29) is 33.6 Å². The number of nitrogens with zero attached hydrogens (tertiary/aromatic N) is 5. The predicted molar refractivity (Wildman–Crippen MR) is 123 cm³/mol. The van der Waals surface area contributed by atoms with E-state index in [0.717, 1.165) is 35.4 Å². The number of rotatable bonds is 6. The van der Waals surface area contributed by atoms with Gasteiger partial charge in [0.1, 0.15) is 17.5 Å². The van der Waals surface area contributed by atoms with E-state index in [1.807, 2.05) is 13.0 Å². The lowest BCUT2D eigenvalue weighted by molar-refractivity contribution is 0.158. The van der Waals surface area contributed by atoms with Crippen molar-refractivity contribution in [3.63, 3.8) is 0 Å². The first-order valence-corrected chi connectivity index (χ1v) is 11.1. The Morgan fingerprint density at radius 1 is 1.14 bits per heavy atom. The largest absolute Gasteiger partial charge is 0.320 e. The second kappa shape index (κ2) is 8.28. The smallest absolute Gasteiger partial charge is 0.257 e. The van der Waals surface area contributed by atoms with Crippen LogP contribution in [0.5, 0.6) is 0 Å². The van der Waals surface area contributed by atoms with Crippen LogP contribution in [0.25, 0.3) is 22.8 Å². The van der Waals surface area contributed by atoms with Gasteiger partial charge in [-0.25, -0.2) is 22.0 Å². The number of anilines is 2. The van der Waals surface area contributed by atoms with Crippen molar-refractivity contribution in [3.05, 3.63) is 64.7 Å². The van der Waals surface area contributed by atoms with Gasteiger partial charge in [-0.2, -0.15) is 4.98 Å². The van der Waals surface area contributed by atoms with Crippen LogP contribution < -0.4 is 4.90 Å². The van der Waals surface area contributed by atoms with Crippen molar-refractivity contribution in [1.29, 1.82) is 0 Å². The zero-order chi connectivity index (χ0) is 25.1. The summed E-state index contributed by atoms with van der Waals surface area (Å²) < 4.78 is 73.0. The van der Waals surface area contributed by atoms with Crippen molar-refractivity contribution in [2.24, 2.45) is 5.41 Å². The number of aryl methyl sites for hydroxylation is 1. The van der Waals surface area contributed by atoms with Gasteiger partial charge in [0.25, 0.3) is 12.2 Å². The Bertz CT molecular complexity index is 1490. The van der Waals surface area contributed by atoms with Gasteiger partial charge in [-0.15, -0.1) is 10.2 Å². The number of allylic oxidation sites excluding steroid dienone is 1. The molecule has 2 heterocycles. The monoisotopic (exact) mass is 487 g/mol. The van der Waals surface area contributed by atoms with Crippen LogP contribution in [0, 0.1) is 29.8 Å². The minimum Gasteiger partial charge on any atom is -0.320 e. The Kier molecular flexibility index (Phi) is 5.49. The van der Waals surface area contributed by atoms with E-state index >= 15 is 4.39 Å². The number of halogens is 5. The molecule has 10 heteroatoms. The summed E-state index contributed by atoms with van der Waals surface area (Å²) in [6.45, 7) is 4.73. The fraction of sp³-hybridized carbons (Fsp3) is 0.320. The fourth-order valence-electron chi connectivity index (χ4n) is 4.28. The maximum Gasteiger partial charge on any atom is 0.257 e. The first-order valence-electron chi connectivity index (χ1n) is 11.1. The zero-order valence-electron chi connectivity index (χ0n) is 19.3. The average Bonchev–Trinajstić information content (AvgIpc) is 3.45. The maximum absolute atomic E-state index is 15.1. The highest BCUT2D eigenvalue weighted by Gasteiger charge is 2.38. The summed E-state index contributed by atoms with van der Waals surface area (Å²) in [5.41, 5.74) is 1.75. The summed E-state index contributed by atoms with van der Waals surface area (Å²) in [5.74, 6) is -3.00. The van der Waals surface area contributed by atoms with E-state index in [4.69, 9.17) is 0 Å². The maximum atomic E-state index is 15.1. The minimum atomic E-state index is -2.88. The van der Waals surface area contributed by atoms with Gasteiger partial charge in [0.15, 0.2) is 11.6 Å². The Morgan fingerprint density at radius 3 is 2.57 bits per heavy atom. The molecule has 1 aliphatic carbocycles. The van der Waals surface area contributed by atoms with E-state index in [1.165, 1.54) is 22.6 Å². The molecular formula is C25H22F5N5. The molecule has 0 N–H and O–H groups in total. The van der Waals surface area contributed by atoms with Crippen molar-refractivity contribution in [1.82, 2.24) is 19.6 Å². The third-order valence-corrected chi connectivity index (χ3v) is 6.68. The van der Waals surface area contributed by atoms with Crippen LogP contribution >= 0.6 is 0 Å². The molecule has 182 valence electrons. The van der Waals surface area contributed by atoms with E-state index in [0.29, 0.717) is 11.4 Å². The van der Waals surface area contributed by atoms with Gasteiger partial charge >= 0.3 is 0 Å². The summed E-state index contributed by atoms with van der Waals surface area (Å²) in [6, 6.07) is 6.14. The second-order valence-electron chi connectivity index (χ2n) is 9.21. The second-order valence-corrected chi connectivity index (χ2v) is 9.21. The highest BCUT2D eigenvalue weighted by molar-refractivity contribution is 5.94. The average molecular weight is 487 g/mol. The lowest BCUT2D eigenvalue weighted by atomic mass is 9.97.